The van der Waals surface area contributed by atoms with Crippen LogP contribution < -0.4 is 5.32 Å². The van der Waals surface area contributed by atoms with E-state index in [1.165, 1.54) is 0 Å². The van der Waals surface area contributed by atoms with Gasteiger partial charge in [-0.05, 0) is 31.7 Å². The van der Waals surface area contributed by atoms with Crippen LogP contribution in [-0.4, -0.2) is 35.4 Å². The highest BCUT2D eigenvalue weighted by Gasteiger charge is 2.19. The summed E-state index contributed by atoms with van der Waals surface area (Å²) in [6.45, 7) is 1.37. The van der Waals surface area contributed by atoms with Gasteiger partial charge >= 0.3 is 5.97 Å². The summed E-state index contributed by atoms with van der Waals surface area (Å²) in [5.41, 5.74) is 0. The fraction of sp³-hybridized carbons (Fsp3) is 0.900. The zero-order valence-electron chi connectivity index (χ0n) is 8.41. The van der Waals surface area contributed by atoms with Crippen molar-refractivity contribution < 1.29 is 15.0 Å². The van der Waals surface area contributed by atoms with E-state index in [-0.39, 0.29) is 12.5 Å². The normalized spacial score (nSPS) is 27.5. The highest BCUT2D eigenvalue weighted by Crippen LogP contribution is 2.23. The third kappa shape index (κ3) is 4.58. The van der Waals surface area contributed by atoms with Crippen LogP contribution in [0.2, 0.25) is 0 Å². The van der Waals surface area contributed by atoms with E-state index >= 15 is 0 Å². The van der Waals surface area contributed by atoms with Crippen molar-refractivity contribution in [1.82, 2.24) is 5.32 Å². The fourth-order valence-electron chi connectivity index (χ4n) is 1.95. The summed E-state index contributed by atoms with van der Waals surface area (Å²) >= 11 is 0. The number of hydrogen-bond acceptors (Lipinski definition) is 3. The minimum absolute atomic E-state index is 0.143. The smallest absolute Gasteiger partial charge is 0.304 e. The summed E-state index contributed by atoms with van der Waals surface area (Å²) in [5, 5.41) is 20.9. The first kappa shape index (κ1) is 11.5. The Bertz CT molecular complexity index is 184. The van der Waals surface area contributed by atoms with Gasteiger partial charge in [0.2, 0.25) is 0 Å². The summed E-state index contributed by atoms with van der Waals surface area (Å²) in [6, 6.07) is 0. The van der Waals surface area contributed by atoms with Crippen LogP contribution in [0.4, 0.5) is 0 Å². The Kier molecular flexibility index (Phi) is 4.90. The van der Waals surface area contributed by atoms with Crippen molar-refractivity contribution >= 4 is 5.97 Å². The molecule has 14 heavy (non-hydrogen) atoms. The number of aliphatic carboxylic acids is 1. The van der Waals surface area contributed by atoms with Crippen LogP contribution in [0.5, 0.6) is 0 Å². The quantitative estimate of drug-likeness (QED) is 0.570. The summed E-state index contributed by atoms with van der Waals surface area (Å²) in [6.07, 6.45) is 4.06. The fourth-order valence-corrected chi connectivity index (χ4v) is 1.95. The Morgan fingerprint density at radius 1 is 1.43 bits per heavy atom. The molecular formula is C10H19NO3. The van der Waals surface area contributed by atoms with Crippen LogP contribution in [0.1, 0.15) is 32.1 Å². The SMILES string of the molecule is O=C(O)CCNCC1CCCC(O)C1. The Morgan fingerprint density at radius 3 is 2.86 bits per heavy atom. The maximum Gasteiger partial charge on any atom is 0.304 e. The number of aliphatic hydroxyl groups excluding tert-OH is 1. The van der Waals surface area contributed by atoms with Crippen LogP contribution in [0, 0.1) is 5.92 Å². The van der Waals surface area contributed by atoms with Crippen molar-refractivity contribution in [3.63, 3.8) is 0 Å². The van der Waals surface area contributed by atoms with Crippen molar-refractivity contribution in [2.24, 2.45) is 5.92 Å². The van der Waals surface area contributed by atoms with E-state index in [0.29, 0.717) is 12.5 Å². The largest absolute Gasteiger partial charge is 0.481 e. The molecule has 0 aromatic heterocycles. The number of carbonyl (C=O) groups is 1. The monoisotopic (exact) mass is 201 g/mol. The van der Waals surface area contributed by atoms with Crippen molar-refractivity contribution in [3.8, 4) is 0 Å². The van der Waals surface area contributed by atoms with Crippen molar-refractivity contribution in [2.75, 3.05) is 13.1 Å². The molecule has 0 aromatic carbocycles. The van der Waals surface area contributed by atoms with Gasteiger partial charge in [-0.3, -0.25) is 4.79 Å². The Labute approximate surface area is 84.3 Å². The van der Waals surface area contributed by atoms with Gasteiger partial charge in [0.05, 0.1) is 12.5 Å². The first-order chi connectivity index (χ1) is 6.68. The molecule has 0 aromatic rings. The van der Waals surface area contributed by atoms with Crippen LogP contribution in [0.3, 0.4) is 0 Å². The number of carboxylic acid groups (broad SMARTS) is 1. The standard InChI is InChI=1S/C10H19NO3/c12-9-3-1-2-8(6-9)7-11-5-4-10(13)14/h8-9,11-12H,1-7H2,(H,13,14). The van der Waals surface area contributed by atoms with E-state index in [1.807, 2.05) is 0 Å². The van der Waals surface area contributed by atoms with Gasteiger partial charge in [0.1, 0.15) is 0 Å². The molecule has 0 aliphatic heterocycles. The molecule has 1 fully saturated rings. The molecule has 1 aliphatic carbocycles. The van der Waals surface area contributed by atoms with E-state index in [9.17, 15) is 9.90 Å². The lowest BCUT2D eigenvalue weighted by Gasteiger charge is -2.25. The maximum atomic E-state index is 10.2. The molecule has 2 atom stereocenters. The van der Waals surface area contributed by atoms with Crippen molar-refractivity contribution in [3.05, 3.63) is 0 Å². The Morgan fingerprint density at radius 2 is 2.21 bits per heavy atom. The van der Waals surface area contributed by atoms with Crippen molar-refractivity contribution in [1.29, 1.82) is 0 Å². The molecule has 3 N–H and O–H groups in total. The first-order valence-electron chi connectivity index (χ1n) is 5.29. The summed E-state index contributed by atoms with van der Waals surface area (Å²) < 4.78 is 0. The third-order valence-electron chi connectivity index (χ3n) is 2.70. The average Bonchev–Trinajstić information content (AvgIpc) is 2.12. The molecule has 0 radical (unpaired) electrons. The number of rotatable bonds is 5. The second-order valence-corrected chi connectivity index (χ2v) is 4.03. The summed E-state index contributed by atoms with van der Waals surface area (Å²) in [4.78, 5) is 10.2. The zero-order valence-corrected chi connectivity index (χ0v) is 8.41. The molecule has 4 heteroatoms. The van der Waals surface area contributed by atoms with Gasteiger partial charge in [-0.25, -0.2) is 0 Å². The number of carboxylic acids is 1. The second-order valence-electron chi connectivity index (χ2n) is 4.03. The number of aliphatic hydroxyl groups is 1. The molecule has 0 saturated heterocycles. The van der Waals surface area contributed by atoms with E-state index in [2.05, 4.69) is 5.32 Å². The predicted molar refractivity (Wildman–Crippen MR) is 53.1 cm³/mol. The van der Waals surface area contributed by atoms with Gasteiger partial charge in [-0.15, -0.1) is 0 Å². The molecule has 1 aliphatic rings. The number of nitrogens with one attached hydrogen (secondary N) is 1. The van der Waals surface area contributed by atoms with Gasteiger partial charge in [-0.1, -0.05) is 6.42 Å². The maximum absolute atomic E-state index is 10.2. The van der Waals surface area contributed by atoms with Gasteiger partial charge in [0.15, 0.2) is 0 Å². The van der Waals surface area contributed by atoms with Gasteiger partial charge in [0, 0.05) is 6.54 Å². The lowest BCUT2D eigenvalue weighted by molar-refractivity contribution is -0.136. The molecule has 1 saturated carbocycles. The van der Waals surface area contributed by atoms with Crippen molar-refractivity contribution in [2.45, 2.75) is 38.2 Å². The van der Waals surface area contributed by atoms with E-state index in [4.69, 9.17) is 5.11 Å². The molecule has 0 heterocycles. The third-order valence-corrected chi connectivity index (χ3v) is 2.70. The highest BCUT2D eigenvalue weighted by atomic mass is 16.4. The molecule has 1 rings (SSSR count). The lowest BCUT2D eigenvalue weighted by Crippen LogP contribution is -2.30. The topological polar surface area (TPSA) is 69.6 Å². The molecule has 0 amide bonds. The highest BCUT2D eigenvalue weighted by molar-refractivity contribution is 5.66. The van der Waals surface area contributed by atoms with Gasteiger partial charge in [0.25, 0.3) is 0 Å². The Balaban J connectivity index is 2.03. The Hall–Kier alpha value is -0.610. The van der Waals surface area contributed by atoms with E-state index in [0.717, 1.165) is 32.2 Å². The van der Waals surface area contributed by atoms with E-state index in [1.54, 1.807) is 0 Å². The molecule has 0 bridgehead atoms. The van der Waals surface area contributed by atoms with Crippen LogP contribution in [0.15, 0.2) is 0 Å². The second kappa shape index (κ2) is 5.98. The minimum atomic E-state index is -0.763. The van der Waals surface area contributed by atoms with Crippen LogP contribution in [-0.2, 0) is 4.79 Å². The summed E-state index contributed by atoms with van der Waals surface area (Å²) in [7, 11) is 0. The lowest BCUT2D eigenvalue weighted by atomic mass is 9.87. The minimum Gasteiger partial charge on any atom is -0.481 e. The molecule has 0 spiro atoms. The molecular weight excluding hydrogens is 182 g/mol. The van der Waals surface area contributed by atoms with Gasteiger partial charge < -0.3 is 15.5 Å². The zero-order chi connectivity index (χ0) is 10.4. The van der Waals surface area contributed by atoms with Crippen LogP contribution >= 0.6 is 0 Å². The predicted octanol–water partition coefficient (Wildman–Crippen LogP) is 0.602. The van der Waals surface area contributed by atoms with E-state index < -0.39 is 5.97 Å². The molecule has 2 unspecified atom stereocenters. The number of hydrogen-bond donors (Lipinski definition) is 3. The summed E-state index contributed by atoms with van der Waals surface area (Å²) in [5.74, 6) is -0.242. The van der Waals surface area contributed by atoms with Gasteiger partial charge in [-0.2, -0.15) is 0 Å². The average molecular weight is 201 g/mol. The molecule has 82 valence electrons. The molecule has 4 nitrogen and oxygen atoms in total. The van der Waals surface area contributed by atoms with Crippen LogP contribution in [0.25, 0.3) is 0 Å². The first-order valence-corrected chi connectivity index (χ1v) is 5.29.